The van der Waals surface area contributed by atoms with Gasteiger partial charge in [-0.1, -0.05) is 28.1 Å². The SMILES string of the molecule is Brc1ccc(C2CC(NCCc3ccncc3)C2)cc1. The topological polar surface area (TPSA) is 24.9 Å². The van der Waals surface area contributed by atoms with Gasteiger partial charge in [-0.25, -0.2) is 0 Å². The summed E-state index contributed by atoms with van der Waals surface area (Å²) in [7, 11) is 0. The Bertz CT molecular complexity index is 533. The molecule has 1 heterocycles. The molecule has 0 bridgehead atoms. The molecule has 2 aromatic rings. The van der Waals surface area contributed by atoms with Gasteiger partial charge in [0.05, 0.1) is 0 Å². The van der Waals surface area contributed by atoms with E-state index in [-0.39, 0.29) is 0 Å². The van der Waals surface area contributed by atoms with Crippen LogP contribution in [-0.2, 0) is 6.42 Å². The zero-order valence-corrected chi connectivity index (χ0v) is 13.0. The molecule has 1 aliphatic carbocycles. The molecule has 1 saturated carbocycles. The van der Waals surface area contributed by atoms with Crippen molar-refractivity contribution in [3.63, 3.8) is 0 Å². The van der Waals surface area contributed by atoms with E-state index in [1.807, 2.05) is 12.4 Å². The Kier molecular flexibility index (Phi) is 4.48. The van der Waals surface area contributed by atoms with Crippen LogP contribution in [0.3, 0.4) is 0 Å². The van der Waals surface area contributed by atoms with E-state index in [1.54, 1.807) is 0 Å². The molecule has 0 aliphatic heterocycles. The molecule has 1 N–H and O–H groups in total. The highest BCUT2D eigenvalue weighted by Crippen LogP contribution is 2.37. The van der Waals surface area contributed by atoms with Gasteiger partial charge in [0.25, 0.3) is 0 Å². The van der Waals surface area contributed by atoms with Crippen molar-refractivity contribution >= 4 is 15.9 Å². The number of pyridine rings is 1. The summed E-state index contributed by atoms with van der Waals surface area (Å²) in [6, 6.07) is 13.6. The lowest BCUT2D eigenvalue weighted by molar-refractivity contribution is 0.293. The molecular formula is C17H19BrN2. The molecule has 1 aliphatic rings. The number of rotatable bonds is 5. The Labute approximate surface area is 128 Å². The van der Waals surface area contributed by atoms with Crippen LogP contribution in [0.4, 0.5) is 0 Å². The molecule has 20 heavy (non-hydrogen) atoms. The van der Waals surface area contributed by atoms with Crippen LogP contribution >= 0.6 is 15.9 Å². The first kappa shape index (κ1) is 13.8. The number of halogens is 1. The maximum atomic E-state index is 4.04. The molecule has 2 nitrogen and oxygen atoms in total. The molecule has 1 fully saturated rings. The van der Waals surface area contributed by atoms with Crippen molar-refractivity contribution in [2.45, 2.75) is 31.2 Å². The van der Waals surface area contributed by atoms with E-state index in [2.05, 4.69) is 62.6 Å². The van der Waals surface area contributed by atoms with Crippen molar-refractivity contribution in [3.8, 4) is 0 Å². The van der Waals surface area contributed by atoms with Gasteiger partial charge in [0.15, 0.2) is 0 Å². The summed E-state index contributed by atoms with van der Waals surface area (Å²) in [6.45, 7) is 1.06. The van der Waals surface area contributed by atoms with Crippen molar-refractivity contribution < 1.29 is 0 Å². The molecule has 0 spiro atoms. The highest BCUT2D eigenvalue weighted by atomic mass is 79.9. The Balaban J connectivity index is 1.39. The number of aromatic nitrogens is 1. The fourth-order valence-electron chi connectivity index (χ4n) is 2.76. The standard InChI is InChI=1S/C17H19BrN2/c18-16-3-1-14(2-4-16)15-11-17(12-15)20-10-7-13-5-8-19-9-6-13/h1-6,8-9,15,17,20H,7,10-12H2. The normalized spacial score (nSPS) is 21.4. The van der Waals surface area contributed by atoms with Gasteiger partial charge in [-0.15, -0.1) is 0 Å². The molecule has 0 amide bonds. The number of hydrogen-bond acceptors (Lipinski definition) is 2. The molecule has 3 rings (SSSR count). The predicted molar refractivity (Wildman–Crippen MR) is 85.8 cm³/mol. The molecule has 3 heteroatoms. The van der Waals surface area contributed by atoms with Crippen molar-refractivity contribution in [1.82, 2.24) is 10.3 Å². The third-order valence-corrected chi connectivity index (χ3v) is 4.60. The van der Waals surface area contributed by atoms with Gasteiger partial charge in [0.2, 0.25) is 0 Å². The van der Waals surface area contributed by atoms with Crippen molar-refractivity contribution in [2.75, 3.05) is 6.54 Å². The number of hydrogen-bond donors (Lipinski definition) is 1. The van der Waals surface area contributed by atoms with E-state index in [4.69, 9.17) is 0 Å². The van der Waals surface area contributed by atoms with E-state index in [0.717, 1.165) is 23.4 Å². The Morgan fingerprint density at radius 1 is 1.05 bits per heavy atom. The van der Waals surface area contributed by atoms with Crippen LogP contribution in [-0.4, -0.2) is 17.6 Å². The molecule has 104 valence electrons. The Hall–Kier alpha value is -1.19. The van der Waals surface area contributed by atoms with Crippen LogP contribution in [0.2, 0.25) is 0 Å². The van der Waals surface area contributed by atoms with Gasteiger partial charge in [-0.2, -0.15) is 0 Å². The molecule has 1 aromatic heterocycles. The zero-order valence-electron chi connectivity index (χ0n) is 11.4. The van der Waals surface area contributed by atoms with Crippen LogP contribution < -0.4 is 5.32 Å². The fraction of sp³-hybridized carbons (Fsp3) is 0.353. The molecule has 1 aromatic carbocycles. The van der Waals surface area contributed by atoms with Gasteiger partial charge in [-0.05, 0) is 67.1 Å². The first-order chi connectivity index (χ1) is 9.81. The van der Waals surface area contributed by atoms with Crippen molar-refractivity contribution in [3.05, 3.63) is 64.4 Å². The van der Waals surface area contributed by atoms with Crippen LogP contribution in [0.1, 0.15) is 29.9 Å². The molecule has 0 atom stereocenters. The minimum absolute atomic E-state index is 0.686. The zero-order chi connectivity index (χ0) is 13.8. The maximum absolute atomic E-state index is 4.04. The van der Waals surface area contributed by atoms with Crippen LogP contribution in [0, 0.1) is 0 Å². The van der Waals surface area contributed by atoms with Crippen molar-refractivity contribution in [1.29, 1.82) is 0 Å². The van der Waals surface area contributed by atoms with Crippen LogP contribution in [0.5, 0.6) is 0 Å². The molecule has 0 radical (unpaired) electrons. The van der Waals surface area contributed by atoms with E-state index < -0.39 is 0 Å². The van der Waals surface area contributed by atoms with Gasteiger partial charge >= 0.3 is 0 Å². The number of nitrogens with one attached hydrogen (secondary N) is 1. The lowest BCUT2D eigenvalue weighted by Crippen LogP contribution is -2.40. The van der Waals surface area contributed by atoms with Gasteiger partial charge in [0, 0.05) is 22.9 Å². The highest BCUT2D eigenvalue weighted by Gasteiger charge is 2.29. The second kappa shape index (κ2) is 6.51. The van der Waals surface area contributed by atoms with Gasteiger partial charge in [0.1, 0.15) is 0 Å². The summed E-state index contributed by atoms with van der Waals surface area (Å²) >= 11 is 3.49. The number of benzene rings is 1. The van der Waals surface area contributed by atoms with Crippen molar-refractivity contribution in [2.24, 2.45) is 0 Å². The van der Waals surface area contributed by atoms with Crippen LogP contribution in [0.15, 0.2) is 53.3 Å². The van der Waals surface area contributed by atoms with E-state index in [9.17, 15) is 0 Å². The fourth-order valence-corrected chi connectivity index (χ4v) is 3.03. The molecular weight excluding hydrogens is 312 g/mol. The molecule has 0 saturated heterocycles. The minimum atomic E-state index is 0.686. The average molecular weight is 331 g/mol. The summed E-state index contributed by atoms with van der Waals surface area (Å²) in [5, 5.41) is 3.65. The first-order valence-electron chi connectivity index (χ1n) is 7.19. The summed E-state index contributed by atoms with van der Waals surface area (Å²) in [5.74, 6) is 0.738. The van der Waals surface area contributed by atoms with E-state index in [0.29, 0.717) is 6.04 Å². The molecule has 0 unspecified atom stereocenters. The summed E-state index contributed by atoms with van der Waals surface area (Å²) < 4.78 is 1.16. The smallest absolute Gasteiger partial charge is 0.0270 e. The summed E-state index contributed by atoms with van der Waals surface area (Å²) in [5.41, 5.74) is 2.83. The van der Waals surface area contributed by atoms with E-state index >= 15 is 0 Å². The number of nitrogens with zero attached hydrogens (tertiary/aromatic N) is 1. The minimum Gasteiger partial charge on any atom is -0.314 e. The van der Waals surface area contributed by atoms with Gasteiger partial charge < -0.3 is 5.32 Å². The third kappa shape index (κ3) is 3.47. The first-order valence-corrected chi connectivity index (χ1v) is 7.98. The average Bonchev–Trinajstić information content (AvgIpc) is 2.44. The second-order valence-corrected chi connectivity index (χ2v) is 6.39. The second-order valence-electron chi connectivity index (χ2n) is 5.48. The van der Waals surface area contributed by atoms with Gasteiger partial charge in [-0.3, -0.25) is 4.98 Å². The lowest BCUT2D eigenvalue weighted by atomic mass is 9.76. The Morgan fingerprint density at radius 2 is 1.75 bits per heavy atom. The lowest BCUT2D eigenvalue weighted by Gasteiger charge is -2.36. The summed E-state index contributed by atoms with van der Waals surface area (Å²) in [4.78, 5) is 4.04. The Morgan fingerprint density at radius 3 is 2.45 bits per heavy atom. The monoisotopic (exact) mass is 330 g/mol. The highest BCUT2D eigenvalue weighted by molar-refractivity contribution is 9.10. The van der Waals surface area contributed by atoms with Crippen LogP contribution in [0.25, 0.3) is 0 Å². The quantitative estimate of drug-likeness (QED) is 0.898. The summed E-state index contributed by atoms with van der Waals surface area (Å²) in [6.07, 6.45) is 7.34. The predicted octanol–water partition coefficient (Wildman–Crippen LogP) is 3.92. The largest absolute Gasteiger partial charge is 0.314 e. The van der Waals surface area contributed by atoms with E-state index in [1.165, 1.54) is 24.0 Å². The third-order valence-electron chi connectivity index (χ3n) is 4.08. The maximum Gasteiger partial charge on any atom is 0.0270 e.